The van der Waals surface area contributed by atoms with Crippen LogP contribution in [0.3, 0.4) is 0 Å². The highest BCUT2D eigenvalue weighted by Crippen LogP contribution is 2.23. The van der Waals surface area contributed by atoms with Crippen molar-refractivity contribution in [2.24, 2.45) is 0 Å². The van der Waals surface area contributed by atoms with E-state index in [2.05, 4.69) is 21.2 Å². The van der Waals surface area contributed by atoms with E-state index in [0.717, 1.165) is 15.8 Å². The fourth-order valence-electron chi connectivity index (χ4n) is 2.36. The lowest BCUT2D eigenvalue weighted by molar-refractivity contribution is -0.121. The van der Waals surface area contributed by atoms with E-state index in [-0.39, 0.29) is 30.7 Å². The second kappa shape index (κ2) is 8.05. The molecule has 2 heterocycles. The number of amides is 2. The van der Waals surface area contributed by atoms with E-state index in [4.69, 9.17) is 8.83 Å². The predicted molar refractivity (Wildman–Crippen MR) is 99.4 cm³/mol. The van der Waals surface area contributed by atoms with Crippen LogP contribution in [-0.4, -0.2) is 30.3 Å². The van der Waals surface area contributed by atoms with Gasteiger partial charge in [-0.15, -0.1) is 0 Å². The summed E-state index contributed by atoms with van der Waals surface area (Å²) in [6.45, 7) is 0.179. The first-order chi connectivity index (χ1) is 12.5. The Bertz CT molecular complexity index is 885. The zero-order valence-corrected chi connectivity index (χ0v) is 15.7. The molecule has 0 aliphatic carbocycles. The summed E-state index contributed by atoms with van der Waals surface area (Å²) < 4.78 is 11.8. The molecule has 0 unspecified atom stereocenters. The van der Waals surface area contributed by atoms with Gasteiger partial charge in [-0.2, -0.15) is 0 Å². The van der Waals surface area contributed by atoms with Gasteiger partial charge in [0.05, 0.1) is 19.4 Å². The summed E-state index contributed by atoms with van der Waals surface area (Å²) in [5.41, 5.74) is 0.953. The summed E-state index contributed by atoms with van der Waals surface area (Å²) in [5.74, 6) is 0.934. The molecule has 1 aromatic carbocycles. The molecule has 0 spiro atoms. The molecule has 0 saturated heterocycles. The third kappa shape index (κ3) is 4.43. The van der Waals surface area contributed by atoms with E-state index < -0.39 is 0 Å². The van der Waals surface area contributed by atoms with Crippen LogP contribution in [0.5, 0.6) is 0 Å². The molecule has 2 aromatic heterocycles. The van der Waals surface area contributed by atoms with Gasteiger partial charge in [0.2, 0.25) is 5.91 Å². The lowest BCUT2D eigenvalue weighted by Gasteiger charge is -2.15. The number of likely N-dealkylation sites (N-methyl/N-ethyl adjacent to an activating group) is 1. The monoisotopic (exact) mass is 416 g/mol. The van der Waals surface area contributed by atoms with Crippen LogP contribution < -0.4 is 5.32 Å². The zero-order chi connectivity index (χ0) is 18.5. The molecule has 3 aromatic rings. The molecular weight excluding hydrogens is 400 g/mol. The third-order valence-corrected chi connectivity index (χ3v) is 4.24. The average molecular weight is 417 g/mol. The number of carbonyl (C=O) groups is 2. The first kappa shape index (κ1) is 18.0. The van der Waals surface area contributed by atoms with Gasteiger partial charge in [0.25, 0.3) is 5.91 Å². The van der Waals surface area contributed by atoms with Crippen LogP contribution in [0.25, 0.3) is 11.3 Å². The standard InChI is InChI=1S/C19H17BrN2O4/c1-22(19(24)17-3-2-10-25-17)12-18(23)21-11-15-8-9-16(26-15)13-4-6-14(20)7-5-13/h2-10H,11-12H2,1H3,(H,21,23). The smallest absolute Gasteiger partial charge is 0.289 e. The molecule has 0 atom stereocenters. The van der Waals surface area contributed by atoms with Crippen LogP contribution in [0.1, 0.15) is 16.3 Å². The number of nitrogens with zero attached hydrogens (tertiary/aromatic N) is 1. The van der Waals surface area contributed by atoms with Crippen molar-refractivity contribution < 1.29 is 18.4 Å². The SMILES string of the molecule is CN(CC(=O)NCc1ccc(-c2ccc(Br)cc2)o1)C(=O)c1ccco1. The Kier molecular flexibility index (Phi) is 5.58. The summed E-state index contributed by atoms with van der Waals surface area (Å²) in [5, 5.41) is 2.74. The van der Waals surface area contributed by atoms with Crippen molar-refractivity contribution in [3.63, 3.8) is 0 Å². The van der Waals surface area contributed by atoms with Crippen LogP contribution in [-0.2, 0) is 11.3 Å². The first-order valence-corrected chi connectivity index (χ1v) is 8.72. The molecular formula is C19H17BrN2O4. The zero-order valence-electron chi connectivity index (χ0n) is 14.1. The molecule has 0 fully saturated rings. The highest BCUT2D eigenvalue weighted by Gasteiger charge is 2.17. The maximum absolute atomic E-state index is 12.0. The van der Waals surface area contributed by atoms with Crippen LogP contribution in [0.15, 0.2) is 68.1 Å². The van der Waals surface area contributed by atoms with Gasteiger partial charge in [0.15, 0.2) is 5.76 Å². The second-order valence-electron chi connectivity index (χ2n) is 5.69. The van der Waals surface area contributed by atoms with Crippen LogP contribution in [0, 0.1) is 0 Å². The molecule has 2 amide bonds. The van der Waals surface area contributed by atoms with Gasteiger partial charge >= 0.3 is 0 Å². The topological polar surface area (TPSA) is 75.7 Å². The van der Waals surface area contributed by atoms with Crippen LogP contribution >= 0.6 is 15.9 Å². The average Bonchev–Trinajstić information content (AvgIpc) is 3.32. The second-order valence-corrected chi connectivity index (χ2v) is 6.60. The molecule has 0 radical (unpaired) electrons. The largest absolute Gasteiger partial charge is 0.459 e. The minimum Gasteiger partial charge on any atom is -0.459 e. The van der Waals surface area contributed by atoms with E-state index >= 15 is 0 Å². The van der Waals surface area contributed by atoms with Gasteiger partial charge in [-0.1, -0.05) is 28.1 Å². The lowest BCUT2D eigenvalue weighted by atomic mass is 10.2. The van der Waals surface area contributed by atoms with Crippen molar-refractivity contribution in [3.8, 4) is 11.3 Å². The van der Waals surface area contributed by atoms with Gasteiger partial charge in [-0.25, -0.2) is 0 Å². The van der Waals surface area contributed by atoms with Crippen LogP contribution in [0.2, 0.25) is 0 Å². The summed E-state index contributed by atoms with van der Waals surface area (Å²) in [4.78, 5) is 25.4. The van der Waals surface area contributed by atoms with Gasteiger partial charge in [0.1, 0.15) is 11.5 Å². The molecule has 0 aliphatic rings. The van der Waals surface area contributed by atoms with E-state index in [9.17, 15) is 9.59 Å². The van der Waals surface area contributed by atoms with Gasteiger partial charge < -0.3 is 19.1 Å². The van der Waals surface area contributed by atoms with Crippen molar-refractivity contribution in [2.45, 2.75) is 6.54 Å². The van der Waals surface area contributed by atoms with E-state index in [1.165, 1.54) is 11.2 Å². The quantitative estimate of drug-likeness (QED) is 0.664. The maximum Gasteiger partial charge on any atom is 0.289 e. The lowest BCUT2D eigenvalue weighted by Crippen LogP contribution is -2.37. The first-order valence-electron chi connectivity index (χ1n) is 7.93. The molecule has 3 rings (SSSR count). The van der Waals surface area contributed by atoms with Gasteiger partial charge in [0, 0.05) is 17.1 Å². The number of carbonyl (C=O) groups excluding carboxylic acids is 2. The van der Waals surface area contributed by atoms with E-state index in [1.807, 2.05) is 36.4 Å². The fourth-order valence-corrected chi connectivity index (χ4v) is 2.62. The highest BCUT2D eigenvalue weighted by atomic mass is 79.9. The van der Waals surface area contributed by atoms with E-state index in [1.54, 1.807) is 19.2 Å². The Hall–Kier alpha value is -2.80. The summed E-state index contributed by atoms with van der Waals surface area (Å²) in [6, 6.07) is 14.6. The molecule has 1 N–H and O–H groups in total. The Morgan fingerprint density at radius 2 is 1.88 bits per heavy atom. The molecule has 0 aliphatic heterocycles. The predicted octanol–water partition coefficient (Wildman–Crippen LogP) is 3.69. The Morgan fingerprint density at radius 3 is 2.58 bits per heavy atom. The number of hydrogen-bond acceptors (Lipinski definition) is 4. The fraction of sp³-hybridized carbons (Fsp3) is 0.158. The van der Waals surface area contributed by atoms with Gasteiger partial charge in [-0.3, -0.25) is 9.59 Å². The molecule has 26 heavy (non-hydrogen) atoms. The maximum atomic E-state index is 12.0. The molecule has 0 bridgehead atoms. The molecule has 134 valence electrons. The molecule has 6 nitrogen and oxygen atoms in total. The number of hydrogen-bond donors (Lipinski definition) is 1. The molecule has 7 heteroatoms. The Labute approximate surface area is 158 Å². The minimum atomic E-state index is -0.347. The van der Waals surface area contributed by atoms with Crippen LogP contribution in [0.4, 0.5) is 0 Å². The third-order valence-electron chi connectivity index (χ3n) is 3.71. The van der Waals surface area contributed by atoms with Crippen molar-refractivity contribution in [2.75, 3.05) is 13.6 Å². The Balaban J connectivity index is 1.52. The number of rotatable bonds is 6. The van der Waals surface area contributed by atoms with Crippen molar-refractivity contribution in [1.29, 1.82) is 0 Å². The van der Waals surface area contributed by atoms with Gasteiger partial charge in [-0.05, 0) is 36.4 Å². The minimum absolute atomic E-state index is 0.0696. The normalized spacial score (nSPS) is 10.5. The van der Waals surface area contributed by atoms with E-state index in [0.29, 0.717) is 5.76 Å². The summed E-state index contributed by atoms with van der Waals surface area (Å²) in [6.07, 6.45) is 1.42. The summed E-state index contributed by atoms with van der Waals surface area (Å²) >= 11 is 3.39. The Morgan fingerprint density at radius 1 is 1.12 bits per heavy atom. The number of halogens is 1. The number of nitrogens with one attached hydrogen (secondary N) is 1. The summed E-state index contributed by atoms with van der Waals surface area (Å²) in [7, 11) is 1.54. The molecule has 0 saturated carbocycles. The van der Waals surface area contributed by atoms with Crippen molar-refractivity contribution >= 4 is 27.7 Å². The van der Waals surface area contributed by atoms with Crippen molar-refractivity contribution in [3.05, 3.63) is 70.8 Å². The highest BCUT2D eigenvalue weighted by molar-refractivity contribution is 9.10. The number of benzene rings is 1. The van der Waals surface area contributed by atoms with Crippen molar-refractivity contribution in [1.82, 2.24) is 10.2 Å². The number of furan rings is 2.